The molecule has 4 rings (SSSR count). The predicted molar refractivity (Wildman–Crippen MR) is 125 cm³/mol. The van der Waals surface area contributed by atoms with E-state index in [4.69, 9.17) is 25.8 Å². The van der Waals surface area contributed by atoms with E-state index in [1.165, 1.54) is 14.2 Å². The topological polar surface area (TPSA) is 91.7 Å². The molecule has 0 bridgehead atoms. The van der Waals surface area contributed by atoms with Crippen LogP contribution in [0.15, 0.2) is 53.4 Å². The first-order chi connectivity index (χ1) is 15.4. The largest absolute Gasteiger partial charge is 0.492 e. The van der Waals surface area contributed by atoms with Gasteiger partial charge in [-0.2, -0.15) is 4.98 Å². The Morgan fingerprint density at radius 2 is 1.72 bits per heavy atom. The fourth-order valence-corrected chi connectivity index (χ4v) is 4.72. The van der Waals surface area contributed by atoms with Gasteiger partial charge in [0.15, 0.2) is 0 Å². The number of sulfonamides is 1. The van der Waals surface area contributed by atoms with Crippen molar-refractivity contribution in [1.29, 1.82) is 0 Å². The SMILES string of the molecule is COc1ccc(NS(=O)(=O)c2ccc3c(c2)c2cc(OCCCl)ccc2n3C)c(OC)n1. The number of pyridine rings is 1. The lowest BCUT2D eigenvalue weighted by Crippen LogP contribution is -2.14. The summed E-state index contributed by atoms with van der Waals surface area (Å²) in [5, 5.41) is 1.68. The molecule has 0 saturated heterocycles. The van der Waals surface area contributed by atoms with E-state index in [1.54, 1.807) is 30.3 Å². The Morgan fingerprint density at radius 3 is 2.41 bits per heavy atom. The quantitative estimate of drug-likeness (QED) is 0.385. The molecule has 0 spiro atoms. The first-order valence-corrected chi connectivity index (χ1v) is 11.7. The molecule has 0 fully saturated rings. The van der Waals surface area contributed by atoms with Crippen LogP contribution in [0.2, 0.25) is 0 Å². The van der Waals surface area contributed by atoms with Gasteiger partial charge in [0, 0.05) is 34.9 Å². The Hall–Kier alpha value is -3.17. The third kappa shape index (κ3) is 4.01. The molecule has 0 amide bonds. The van der Waals surface area contributed by atoms with Gasteiger partial charge in [-0.1, -0.05) is 0 Å². The van der Waals surface area contributed by atoms with Crippen molar-refractivity contribution in [2.24, 2.45) is 7.05 Å². The van der Waals surface area contributed by atoms with Gasteiger partial charge in [0.2, 0.25) is 11.8 Å². The summed E-state index contributed by atoms with van der Waals surface area (Å²) in [5.74, 6) is 1.48. The van der Waals surface area contributed by atoms with Crippen LogP contribution in [0.4, 0.5) is 5.69 Å². The van der Waals surface area contributed by atoms with Crippen LogP contribution in [0.25, 0.3) is 21.8 Å². The second-order valence-corrected chi connectivity index (χ2v) is 9.03. The minimum Gasteiger partial charge on any atom is -0.492 e. The lowest BCUT2D eigenvalue weighted by atomic mass is 10.1. The molecule has 0 atom stereocenters. The molecule has 0 saturated carbocycles. The zero-order valence-corrected chi connectivity index (χ0v) is 19.3. The highest BCUT2D eigenvalue weighted by Crippen LogP contribution is 2.33. The summed E-state index contributed by atoms with van der Waals surface area (Å²) in [6.07, 6.45) is 0. The van der Waals surface area contributed by atoms with Crippen LogP contribution in [0, 0.1) is 0 Å². The Morgan fingerprint density at radius 1 is 1.00 bits per heavy atom. The second-order valence-electron chi connectivity index (χ2n) is 6.97. The summed E-state index contributed by atoms with van der Waals surface area (Å²) in [6, 6.07) is 13.8. The van der Waals surface area contributed by atoms with Gasteiger partial charge in [-0.25, -0.2) is 8.42 Å². The van der Waals surface area contributed by atoms with Crippen LogP contribution >= 0.6 is 11.6 Å². The first-order valence-electron chi connectivity index (χ1n) is 9.70. The zero-order chi connectivity index (χ0) is 22.9. The summed E-state index contributed by atoms with van der Waals surface area (Å²) in [7, 11) is 0.903. The number of nitrogens with zero attached hydrogens (tertiary/aromatic N) is 2. The number of hydrogen-bond donors (Lipinski definition) is 1. The van der Waals surface area contributed by atoms with E-state index in [2.05, 4.69) is 9.71 Å². The molecule has 8 nitrogen and oxygen atoms in total. The molecule has 4 aromatic rings. The maximum atomic E-state index is 13.1. The number of ether oxygens (including phenoxy) is 3. The Kier molecular flexibility index (Phi) is 6.03. The normalized spacial score (nSPS) is 11.6. The van der Waals surface area contributed by atoms with Crippen molar-refractivity contribution in [3.63, 3.8) is 0 Å². The van der Waals surface area contributed by atoms with Crippen LogP contribution < -0.4 is 18.9 Å². The number of aromatic nitrogens is 2. The molecular weight excluding hydrogens is 454 g/mol. The van der Waals surface area contributed by atoms with Crippen LogP contribution in [0.1, 0.15) is 0 Å². The summed E-state index contributed by atoms with van der Waals surface area (Å²) in [5.41, 5.74) is 2.07. The minimum atomic E-state index is -3.91. The number of halogens is 1. The molecule has 32 heavy (non-hydrogen) atoms. The van der Waals surface area contributed by atoms with E-state index in [-0.39, 0.29) is 16.5 Å². The number of aryl methyl sites for hydroxylation is 1. The number of rotatable bonds is 8. The number of methoxy groups -OCH3 is 2. The number of anilines is 1. The van der Waals surface area contributed by atoms with Crippen molar-refractivity contribution < 1.29 is 22.6 Å². The van der Waals surface area contributed by atoms with Gasteiger partial charge >= 0.3 is 0 Å². The number of nitrogens with one attached hydrogen (secondary N) is 1. The maximum Gasteiger partial charge on any atom is 0.262 e. The fourth-order valence-electron chi connectivity index (χ4n) is 3.56. The molecular formula is C22H22ClN3O5S. The summed E-state index contributed by atoms with van der Waals surface area (Å²) < 4.78 is 46.8. The molecule has 168 valence electrons. The molecule has 2 heterocycles. The van der Waals surface area contributed by atoms with Gasteiger partial charge in [0.05, 0.1) is 25.0 Å². The zero-order valence-electron chi connectivity index (χ0n) is 17.8. The van der Waals surface area contributed by atoms with Crippen molar-refractivity contribution in [2.45, 2.75) is 4.90 Å². The number of benzene rings is 2. The number of hydrogen-bond acceptors (Lipinski definition) is 6. The van der Waals surface area contributed by atoms with Crippen molar-refractivity contribution >= 4 is 49.1 Å². The van der Waals surface area contributed by atoms with Crippen molar-refractivity contribution in [3.8, 4) is 17.5 Å². The highest BCUT2D eigenvalue weighted by molar-refractivity contribution is 7.92. The highest BCUT2D eigenvalue weighted by Gasteiger charge is 2.20. The average molecular weight is 476 g/mol. The summed E-state index contributed by atoms with van der Waals surface area (Å²) in [6.45, 7) is 0.388. The van der Waals surface area contributed by atoms with E-state index in [9.17, 15) is 8.42 Å². The lowest BCUT2D eigenvalue weighted by molar-refractivity contribution is 0.343. The minimum absolute atomic E-state index is 0.111. The van der Waals surface area contributed by atoms with E-state index in [0.29, 0.717) is 24.1 Å². The van der Waals surface area contributed by atoms with E-state index in [1.807, 2.05) is 29.8 Å². The van der Waals surface area contributed by atoms with Crippen molar-refractivity contribution in [1.82, 2.24) is 9.55 Å². The third-order valence-corrected chi connectivity index (χ3v) is 6.60. The molecule has 1 N–H and O–H groups in total. The van der Waals surface area contributed by atoms with E-state index < -0.39 is 10.0 Å². The highest BCUT2D eigenvalue weighted by atomic mass is 35.5. The average Bonchev–Trinajstić information content (AvgIpc) is 3.08. The Bertz CT molecular complexity index is 1400. The van der Waals surface area contributed by atoms with Gasteiger partial charge < -0.3 is 18.8 Å². The monoisotopic (exact) mass is 475 g/mol. The fraction of sp³-hybridized carbons (Fsp3) is 0.227. The summed E-state index contributed by atoms with van der Waals surface area (Å²) >= 11 is 5.72. The van der Waals surface area contributed by atoms with Crippen molar-refractivity contribution in [3.05, 3.63) is 48.5 Å². The maximum absolute atomic E-state index is 13.1. The van der Waals surface area contributed by atoms with Crippen LogP contribution in [-0.4, -0.2) is 44.7 Å². The summed E-state index contributed by atoms with van der Waals surface area (Å²) in [4.78, 5) is 4.23. The second kappa shape index (κ2) is 8.76. The van der Waals surface area contributed by atoms with Gasteiger partial charge in [-0.3, -0.25) is 4.72 Å². The number of fused-ring (bicyclic) bond motifs is 3. The van der Waals surface area contributed by atoms with Crippen LogP contribution in [0.5, 0.6) is 17.5 Å². The van der Waals surface area contributed by atoms with Crippen LogP contribution in [0.3, 0.4) is 0 Å². The molecule has 0 aliphatic heterocycles. The molecule has 2 aromatic heterocycles. The molecule has 2 aromatic carbocycles. The van der Waals surface area contributed by atoms with Crippen LogP contribution in [-0.2, 0) is 17.1 Å². The van der Waals surface area contributed by atoms with Gasteiger partial charge in [0.1, 0.15) is 18.0 Å². The van der Waals surface area contributed by atoms with E-state index in [0.717, 1.165) is 21.8 Å². The smallest absolute Gasteiger partial charge is 0.262 e. The first kappa shape index (κ1) is 22.0. The lowest BCUT2D eigenvalue weighted by Gasteiger charge is -2.12. The molecule has 0 aliphatic carbocycles. The third-order valence-electron chi connectivity index (χ3n) is 5.09. The van der Waals surface area contributed by atoms with Gasteiger partial charge in [-0.15, -0.1) is 11.6 Å². The van der Waals surface area contributed by atoms with Crippen molar-refractivity contribution in [2.75, 3.05) is 31.4 Å². The van der Waals surface area contributed by atoms with E-state index >= 15 is 0 Å². The molecule has 10 heteroatoms. The standard InChI is InChI=1S/C22H22ClN3O5S/c1-26-19-7-4-14(31-11-10-23)12-16(19)17-13-15(5-8-20(17)26)32(27,28)25-18-6-9-21(29-2)24-22(18)30-3/h4-9,12-13,25H,10-11H2,1-3H3. The predicted octanol–water partition coefficient (Wildman–Crippen LogP) is 4.16. The Balaban J connectivity index is 1.77. The van der Waals surface area contributed by atoms with Gasteiger partial charge in [-0.05, 0) is 42.5 Å². The molecule has 0 aliphatic rings. The van der Waals surface area contributed by atoms with Gasteiger partial charge in [0.25, 0.3) is 10.0 Å². The molecule has 0 radical (unpaired) electrons. The molecule has 0 unspecified atom stereocenters. The number of alkyl halides is 1. The Labute approximate surface area is 190 Å².